The summed E-state index contributed by atoms with van der Waals surface area (Å²) < 4.78 is 17.8. The number of benzene rings is 1. The van der Waals surface area contributed by atoms with Crippen molar-refractivity contribution in [3.63, 3.8) is 0 Å². The lowest BCUT2D eigenvalue weighted by molar-refractivity contribution is -0.385. The quantitative estimate of drug-likeness (QED) is 0.166. The minimum absolute atomic E-state index is 0.0167. The molecular formula is C23H24N6O8. The highest BCUT2D eigenvalue weighted by atomic mass is 16.7. The molecule has 194 valence electrons. The highest BCUT2D eigenvalue weighted by molar-refractivity contribution is 6.02. The van der Waals surface area contributed by atoms with Crippen molar-refractivity contribution in [3.8, 4) is 5.75 Å². The fourth-order valence-electron chi connectivity index (χ4n) is 4.21. The normalized spacial score (nSPS) is 19.1. The zero-order valence-electron chi connectivity index (χ0n) is 19.7. The minimum Gasteiger partial charge on any atom is -0.449 e. The van der Waals surface area contributed by atoms with E-state index in [1.54, 1.807) is 19.2 Å². The van der Waals surface area contributed by atoms with Crippen LogP contribution in [-0.4, -0.2) is 54.8 Å². The fraction of sp³-hybridized carbons (Fsp3) is 0.391. The summed E-state index contributed by atoms with van der Waals surface area (Å²) in [7, 11) is 1.67. The molecule has 0 unspecified atom stereocenters. The topological polar surface area (TPSA) is 184 Å². The molecule has 3 N–H and O–H groups in total. The van der Waals surface area contributed by atoms with Gasteiger partial charge in [-0.1, -0.05) is 0 Å². The molecule has 1 aliphatic heterocycles. The summed E-state index contributed by atoms with van der Waals surface area (Å²) in [5.41, 5.74) is 1.80. The third-order valence-electron chi connectivity index (χ3n) is 6.18. The lowest BCUT2D eigenvalue weighted by Gasteiger charge is -2.13. The van der Waals surface area contributed by atoms with Crippen LogP contribution < -0.4 is 10.1 Å². The van der Waals surface area contributed by atoms with Gasteiger partial charge in [-0.15, -0.1) is 0 Å². The van der Waals surface area contributed by atoms with E-state index in [4.69, 9.17) is 19.3 Å². The summed E-state index contributed by atoms with van der Waals surface area (Å²) in [5.74, 6) is -0.438. The van der Waals surface area contributed by atoms with Crippen molar-refractivity contribution in [2.75, 3.05) is 11.9 Å². The Balaban J connectivity index is 1.24. The maximum atomic E-state index is 12.8. The number of hydrogen-bond acceptors (Lipinski definition) is 9. The van der Waals surface area contributed by atoms with Gasteiger partial charge in [0.25, 0.3) is 11.6 Å². The molecule has 1 aromatic carbocycles. The lowest BCUT2D eigenvalue weighted by atomic mass is 9.94. The van der Waals surface area contributed by atoms with Gasteiger partial charge in [-0.2, -0.15) is 10.2 Å². The average molecular weight is 512 g/mol. The predicted octanol–water partition coefficient (Wildman–Crippen LogP) is 3.28. The van der Waals surface area contributed by atoms with Crippen LogP contribution in [0.2, 0.25) is 0 Å². The highest BCUT2D eigenvalue weighted by Gasteiger charge is 2.33. The molecule has 2 fully saturated rings. The number of aromatic nitrogens is 4. The van der Waals surface area contributed by atoms with Gasteiger partial charge in [-0.05, 0) is 31.4 Å². The number of carboxylic acid groups (broad SMARTS) is 1. The molecule has 37 heavy (non-hydrogen) atoms. The molecule has 14 nitrogen and oxygen atoms in total. The Morgan fingerprint density at radius 3 is 2.86 bits per heavy atom. The largest absolute Gasteiger partial charge is 0.511 e. The fourth-order valence-corrected chi connectivity index (χ4v) is 4.21. The molecule has 14 heteroatoms. The highest BCUT2D eigenvalue weighted by Crippen LogP contribution is 2.42. The zero-order chi connectivity index (χ0) is 26.1. The molecule has 3 heterocycles. The van der Waals surface area contributed by atoms with E-state index in [1.807, 2.05) is 0 Å². The smallest absolute Gasteiger partial charge is 0.449 e. The number of nitrogens with one attached hydrogen (secondary N) is 2. The van der Waals surface area contributed by atoms with Crippen molar-refractivity contribution in [1.29, 1.82) is 0 Å². The number of amides is 1. The van der Waals surface area contributed by atoms with E-state index >= 15 is 0 Å². The number of anilines is 1. The standard InChI is InChI=1S/C23H24N6O8/c1-28-18(7-13(27-28)11-35-15-3-4-15)22(30)24-21-9-17(25-26-21)20-6-12(10-36-20)16-8-14(29(33)34)2-5-19(16)37-23(31)32/h2,5,7-9,12,15,20H,3-4,6,10-11H2,1H3,(H,31,32)(H2,24,25,26,30)/t12-,20-/m0/s1. The molecular weight excluding hydrogens is 488 g/mol. The number of nitro benzene ring substituents is 1. The van der Waals surface area contributed by atoms with Crippen LogP contribution in [-0.2, 0) is 23.1 Å². The Kier molecular flexibility index (Phi) is 6.58. The number of aryl methyl sites for hydroxylation is 1. The van der Waals surface area contributed by atoms with Crippen LogP contribution in [0.4, 0.5) is 16.3 Å². The monoisotopic (exact) mass is 512 g/mol. The van der Waals surface area contributed by atoms with Crippen molar-refractivity contribution in [2.24, 2.45) is 7.05 Å². The summed E-state index contributed by atoms with van der Waals surface area (Å²) in [6, 6.07) is 7.06. The van der Waals surface area contributed by atoms with Crippen LogP contribution in [0.5, 0.6) is 5.75 Å². The number of aromatic amines is 1. The summed E-state index contributed by atoms with van der Waals surface area (Å²) in [5, 5.41) is 34.3. The number of rotatable bonds is 9. The first-order valence-electron chi connectivity index (χ1n) is 11.6. The van der Waals surface area contributed by atoms with Gasteiger partial charge in [0, 0.05) is 36.7 Å². The van der Waals surface area contributed by atoms with Gasteiger partial charge in [-0.25, -0.2) is 4.79 Å². The van der Waals surface area contributed by atoms with E-state index in [0.717, 1.165) is 12.8 Å². The Labute approximate surface area is 209 Å². The Bertz CT molecular complexity index is 1350. The van der Waals surface area contributed by atoms with E-state index in [0.29, 0.717) is 35.7 Å². The number of nitro groups is 1. The number of ether oxygens (including phenoxy) is 3. The van der Waals surface area contributed by atoms with Crippen LogP contribution in [0.1, 0.15) is 58.7 Å². The molecule has 1 saturated carbocycles. The van der Waals surface area contributed by atoms with Crippen molar-refractivity contribution < 1.29 is 33.8 Å². The SMILES string of the molecule is Cn1nc(COC2CC2)cc1C(=O)Nc1cc([C@@H]2C[C@H](c3cc([N+](=O)[O-])ccc3OC(=O)O)CO2)[nH]n1. The molecule has 2 atom stereocenters. The third kappa shape index (κ3) is 5.59. The summed E-state index contributed by atoms with van der Waals surface area (Å²) in [6.07, 6.45) is 0.801. The molecule has 0 radical (unpaired) electrons. The second kappa shape index (κ2) is 9.99. The molecule has 0 spiro atoms. The molecule has 1 amide bonds. The Morgan fingerprint density at radius 1 is 1.32 bits per heavy atom. The van der Waals surface area contributed by atoms with Crippen LogP contribution in [0, 0.1) is 10.1 Å². The first-order chi connectivity index (χ1) is 17.8. The van der Waals surface area contributed by atoms with Gasteiger partial charge in [0.2, 0.25) is 0 Å². The van der Waals surface area contributed by atoms with Crippen LogP contribution in [0.15, 0.2) is 30.3 Å². The maximum Gasteiger partial charge on any atom is 0.511 e. The molecule has 2 aromatic heterocycles. The van der Waals surface area contributed by atoms with Crippen molar-refractivity contribution in [3.05, 3.63) is 63.1 Å². The van der Waals surface area contributed by atoms with E-state index in [1.165, 1.54) is 22.9 Å². The van der Waals surface area contributed by atoms with Crippen molar-refractivity contribution in [1.82, 2.24) is 20.0 Å². The van der Waals surface area contributed by atoms with Crippen molar-refractivity contribution >= 4 is 23.6 Å². The van der Waals surface area contributed by atoms with E-state index in [2.05, 4.69) is 20.6 Å². The molecule has 2 aliphatic rings. The number of carbonyl (C=O) groups excluding carboxylic acids is 1. The van der Waals surface area contributed by atoms with Gasteiger partial charge in [0.15, 0.2) is 5.82 Å². The molecule has 1 saturated heterocycles. The molecule has 5 rings (SSSR count). The Hall–Kier alpha value is -4.30. The van der Waals surface area contributed by atoms with Gasteiger partial charge in [0.1, 0.15) is 11.4 Å². The second-order valence-corrected chi connectivity index (χ2v) is 8.92. The average Bonchev–Trinajstić information content (AvgIpc) is 3.19. The Morgan fingerprint density at radius 2 is 2.14 bits per heavy atom. The summed E-state index contributed by atoms with van der Waals surface area (Å²) in [6.45, 7) is 0.533. The van der Waals surface area contributed by atoms with Gasteiger partial charge >= 0.3 is 6.16 Å². The van der Waals surface area contributed by atoms with Gasteiger partial charge < -0.3 is 24.6 Å². The van der Waals surface area contributed by atoms with Crippen LogP contribution in [0.25, 0.3) is 0 Å². The van der Waals surface area contributed by atoms with Crippen molar-refractivity contribution in [2.45, 2.75) is 44.0 Å². The summed E-state index contributed by atoms with van der Waals surface area (Å²) in [4.78, 5) is 34.5. The summed E-state index contributed by atoms with van der Waals surface area (Å²) >= 11 is 0. The number of carbonyl (C=O) groups is 2. The van der Waals surface area contributed by atoms with E-state index < -0.39 is 17.2 Å². The number of H-pyrrole nitrogens is 1. The zero-order valence-corrected chi connectivity index (χ0v) is 19.7. The minimum atomic E-state index is -1.52. The first kappa shape index (κ1) is 24.4. The first-order valence-corrected chi connectivity index (χ1v) is 11.6. The molecule has 1 aliphatic carbocycles. The van der Waals surface area contributed by atoms with Gasteiger partial charge in [-0.3, -0.25) is 24.7 Å². The van der Waals surface area contributed by atoms with E-state index in [-0.39, 0.29) is 41.8 Å². The van der Waals surface area contributed by atoms with Crippen LogP contribution >= 0.6 is 0 Å². The molecule has 3 aromatic rings. The molecule has 0 bridgehead atoms. The second-order valence-electron chi connectivity index (χ2n) is 8.92. The van der Waals surface area contributed by atoms with Crippen LogP contribution in [0.3, 0.4) is 0 Å². The lowest BCUT2D eigenvalue weighted by Crippen LogP contribution is -2.16. The number of nitrogens with zero attached hydrogens (tertiary/aromatic N) is 4. The third-order valence-corrected chi connectivity index (χ3v) is 6.18. The predicted molar refractivity (Wildman–Crippen MR) is 125 cm³/mol. The number of hydrogen-bond donors (Lipinski definition) is 3. The number of non-ortho nitro benzene ring substituents is 1. The van der Waals surface area contributed by atoms with E-state index in [9.17, 15) is 19.7 Å². The maximum absolute atomic E-state index is 12.8. The van der Waals surface area contributed by atoms with Gasteiger partial charge in [0.05, 0.1) is 41.7 Å².